The highest BCUT2D eigenvalue weighted by Gasteiger charge is 2.12. The fourth-order valence-corrected chi connectivity index (χ4v) is 1.63. The number of carbonyl (C=O) groups excluding carboxylic acids is 1. The number of rotatable bonds is 3. The van der Waals surface area contributed by atoms with Crippen LogP contribution < -0.4 is 11.1 Å². The zero-order valence-electron chi connectivity index (χ0n) is 9.64. The van der Waals surface area contributed by atoms with Crippen molar-refractivity contribution < 1.29 is 4.79 Å². The molecule has 5 nitrogen and oxygen atoms in total. The highest BCUT2D eigenvalue weighted by Crippen LogP contribution is 2.19. The Balaban J connectivity index is 2.39. The Morgan fingerprint density at radius 2 is 2.22 bits per heavy atom. The third-order valence-corrected chi connectivity index (χ3v) is 2.44. The minimum absolute atomic E-state index is 0.0564. The second kappa shape index (κ2) is 5.01. The zero-order valence-corrected chi connectivity index (χ0v) is 10.4. The number of nitrogens with one attached hydrogen (secondary N) is 1. The van der Waals surface area contributed by atoms with Crippen LogP contribution in [-0.2, 0) is 0 Å². The summed E-state index contributed by atoms with van der Waals surface area (Å²) >= 11 is 5.75. The van der Waals surface area contributed by atoms with Crippen molar-refractivity contribution in [3.05, 3.63) is 46.9 Å². The predicted octanol–water partition coefficient (Wildman–Crippen LogP) is 2.28. The van der Waals surface area contributed by atoms with Crippen molar-refractivity contribution in [3.63, 3.8) is 0 Å². The lowest BCUT2D eigenvalue weighted by atomic mass is 10.2. The maximum Gasteiger partial charge on any atom is 0.271 e. The maximum atomic E-state index is 11.2. The van der Waals surface area contributed by atoms with E-state index in [1.165, 1.54) is 6.20 Å². The molecule has 0 unspecified atom stereocenters. The van der Waals surface area contributed by atoms with Crippen molar-refractivity contribution >= 4 is 29.0 Å². The summed E-state index contributed by atoms with van der Waals surface area (Å²) in [5.41, 5.74) is 7.15. The third kappa shape index (κ3) is 2.75. The molecule has 92 valence electrons. The summed E-state index contributed by atoms with van der Waals surface area (Å²) in [6.45, 7) is 1.96. The number of benzene rings is 1. The molecule has 0 aliphatic rings. The van der Waals surface area contributed by atoms with Crippen LogP contribution >= 0.6 is 11.6 Å². The van der Waals surface area contributed by atoms with E-state index in [1.54, 1.807) is 0 Å². The molecule has 0 aliphatic carbocycles. The molecule has 0 bridgehead atoms. The SMILES string of the molecule is Cc1cccc(Nc2nc(Cl)cnc2C(N)=O)c1. The lowest BCUT2D eigenvalue weighted by Crippen LogP contribution is -2.16. The predicted molar refractivity (Wildman–Crippen MR) is 70.0 cm³/mol. The molecule has 0 atom stereocenters. The van der Waals surface area contributed by atoms with Crippen molar-refractivity contribution in [1.82, 2.24) is 9.97 Å². The molecular weight excluding hydrogens is 252 g/mol. The van der Waals surface area contributed by atoms with Crippen LogP contribution in [0.5, 0.6) is 0 Å². The fraction of sp³-hybridized carbons (Fsp3) is 0.0833. The number of hydrogen-bond acceptors (Lipinski definition) is 4. The Bertz CT molecular complexity index is 600. The van der Waals surface area contributed by atoms with E-state index in [0.717, 1.165) is 11.3 Å². The van der Waals surface area contributed by atoms with Crippen LogP contribution in [0, 0.1) is 6.92 Å². The molecule has 2 aromatic rings. The van der Waals surface area contributed by atoms with Gasteiger partial charge in [-0.2, -0.15) is 0 Å². The molecule has 0 aliphatic heterocycles. The number of aryl methyl sites for hydroxylation is 1. The van der Waals surface area contributed by atoms with Crippen LogP contribution in [0.2, 0.25) is 5.15 Å². The summed E-state index contributed by atoms with van der Waals surface area (Å²) in [7, 11) is 0. The van der Waals surface area contributed by atoms with E-state index in [-0.39, 0.29) is 16.7 Å². The van der Waals surface area contributed by atoms with E-state index in [2.05, 4.69) is 15.3 Å². The van der Waals surface area contributed by atoms with Crippen molar-refractivity contribution in [2.45, 2.75) is 6.92 Å². The molecule has 18 heavy (non-hydrogen) atoms. The summed E-state index contributed by atoms with van der Waals surface area (Å²) in [6.07, 6.45) is 1.28. The molecule has 0 saturated carbocycles. The number of amides is 1. The molecule has 2 rings (SSSR count). The van der Waals surface area contributed by atoms with Crippen LogP contribution in [0.1, 0.15) is 16.1 Å². The summed E-state index contributed by atoms with van der Waals surface area (Å²) in [5, 5.41) is 3.17. The van der Waals surface area contributed by atoms with Gasteiger partial charge < -0.3 is 11.1 Å². The van der Waals surface area contributed by atoms with Crippen molar-refractivity contribution in [2.75, 3.05) is 5.32 Å². The van der Waals surface area contributed by atoms with Crippen LogP contribution in [0.4, 0.5) is 11.5 Å². The summed E-state index contributed by atoms with van der Waals surface area (Å²) in [6, 6.07) is 7.61. The van der Waals surface area contributed by atoms with Crippen molar-refractivity contribution in [3.8, 4) is 0 Å². The first kappa shape index (κ1) is 12.3. The fourth-order valence-electron chi connectivity index (χ4n) is 1.49. The van der Waals surface area contributed by atoms with Crippen LogP contribution in [0.15, 0.2) is 30.5 Å². The number of primary amides is 1. The average molecular weight is 263 g/mol. The van der Waals surface area contributed by atoms with Crippen LogP contribution in [0.25, 0.3) is 0 Å². The molecule has 3 N–H and O–H groups in total. The average Bonchev–Trinajstić information content (AvgIpc) is 2.28. The van der Waals surface area contributed by atoms with Crippen molar-refractivity contribution in [2.24, 2.45) is 5.73 Å². The molecule has 0 spiro atoms. The van der Waals surface area contributed by atoms with E-state index in [9.17, 15) is 4.79 Å². The van der Waals surface area contributed by atoms with Gasteiger partial charge in [0.1, 0.15) is 5.15 Å². The molecule has 6 heteroatoms. The van der Waals surface area contributed by atoms with E-state index < -0.39 is 5.91 Å². The standard InChI is InChI=1S/C12H11ClN4O/c1-7-3-2-4-8(5-7)16-12-10(11(14)18)15-6-9(13)17-12/h2-6H,1H3,(H2,14,18)(H,16,17). The summed E-state index contributed by atoms with van der Waals surface area (Å²) in [4.78, 5) is 19.1. The normalized spacial score (nSPS) is 10.1. The molecule has 1 aromatic heterocycles. The monoisotopic (exact) mass is 262 g/mol. The van der Waals surface area contributed by atoms with Gasteiger partial charge in [0.25, 0.3) is 5.91 Å². The molecule has 0 saturated heterocycles. The molecule has 0 radical (unpaired) electrons. The van der Waals surface area contributed by atoms with Gasteiger partial charge in [0.05, 0.1) is 6.20 Å². The summed E-state index contributed by atoms with van der Waals surface area (Å²) < 4.78 is 0. The highest BCUT2D eigenvalue weighted by atomic mass is 35.5. The Morgan fingerprint density at radius 3 is 2.89 bits per heavy atom. The minimum Gasteiger partial charge on any atom is -0.364 e. The van der Waals surface area contributed by atoms with E-state index in [1.807, 2.05) is 31.2 Å². The smallest absolute Gasteiger partial charge is 0.271 e. The van der Waals surface area contributed by atoms with E-state index >= 15 is 0 Å². The van der Waals surface area contributed by atoms with Gasteiger partial charge in [-0.15, -0.1) is 0 Å². The van der Waals surface area contributed by atoms with Crippen LogP contribution in [-0.4, -0.2) is 15.9 Å². The number of anilines is 2. The van der Waals surface area contributed by atoms with Gasteiger partial charge in [0.2, 0.25) is 0 Å². The Kier molecular flexibility index (Phi) is 3.43. The molecule has 0 fully saturated rings. The largest absolute Gasteiger partial charge is 0.364 e. The van der Waals surface area contributed by atoms with Crippen LogP contribution in [0.3, 0.4) is 0 Å². The molecule has 1 aromatic carbocycles. The van der Waals surface area contributed by atoms with Gasteiger partial charge in [-0.3, -0.25) is 4.79 Å². The van der Waals surface area contributed by atoms with E-state index in [0.29, 0.717) is 0 Å². The number of halogens is 1. The van der Waals surface area contributed by atoms with Gasteiger partial charge in [0.15, 0.2) is 11.5 Å². The Labute approximate surface area is 109 Å². The molecule has 1 amide bonds. The summed E-state index contributed by atoms with van der Waals surface area (Å²) in [5.74, 6) is -0.407. The van der Waals surface area contributed by atoms with Gasteiger partial charge in [-0.1, -0.05) is 23.7 Å². The minimum atomic E-state index is -0.658. The van der Waals surface area contributed by atoms with Gasteiger partial charge in [0, 0.05) is 5.69 Å². The van der Waals surface area contributed by atoms with E-state index in [4.69, 9.17) is 17.3 Å². The second-order valence-corrected chi connectivity index (χ2v) is 4.14. The quantitative estimate of drug-likeness (QED) is 0.889. The number of carbonyl (C=O) groups is 1. The lowest BCUT2D eigenvalue weighted by molar-refractivity contribution is 0.0996. The number of aromatic nitrogens is 2. The maximum absolute atomic E-state index is 11.2. The van der Waals surface area contributed by atoms with Gasteiger partial charge >= 0.3 is 0 Å². The molecule has 1 heterocycles. The van der Waals surface area contributed by atoms with Gasteiger partial charge in [-0.05, 0) is 24.6 Å². The number of hydrogen-bond donors (Lipinski definition) is 2. The number of nitrogens with two attached hydrogens (primary N) is 1. The lowest BCUT2D eigenvalue weighted by Gasteiger charge is -2.09. The zero-order chi connectivity index (χ0) is 13.1. The van der Waals surface area contributed by atoms with Gasteiger partial charge in [-0.25, -0.2) is 9.97 Å². The van der Waals surface area contributed by atoms with Crippen molar-refractivity contribution in [1.29, 1.82) is 0 Å². The molecular formula is C12H11ClN4O. The first-order valence-corrected chi connectivity index (χ1v) is 5.60. The first-order chi connectivity index (χ1) is 8.56. The highest BCUT2D eigenvalue weighted by molar-refractivity contribution is 6.29. The Hall–Kier alpha value is -2.14. The first-order valence-electron chi connectivity index (χ1n) is 5.22. The third-order valence-electron chi connectivity index (χ3n) is 2.26. The second-order valence-electron chi connectivity index (χ2n) is 3.75. The Morgan fingerprint density at radius 1 is 1.44 bits per heavy atom. The topological polar surface area (TPSA) is 80.9 Å². The number of nitrogens with zero attached hydrogens (tertiary/aromatic N) is 2.